The highest BCUT2D eigenvalue weighted by Crippen LogP contribution is 2.15. The average molecular weight is 202 g/mol. The third-order valence-electron chi connectivity index (χ3n) is 1.53. The van der Waals surface area contributed by atoms with E-state index in [1.54, 1.807) is 12.1 Å². The maximum atomic E-state index is 8.77. The minimum atomic E-state index is 0.0891. The van der Waals surface area contributed by atoms with Crippen molar-refractivity contribution in [2.75, 3.05) is 5.32 Å². The molecular formula is C9H6N4S. The summed E-state index contributed by atoms with van der Waals surface area (Å²) >= 11 is 4.64. The normalized spacial score (nSPS) is 8.43. The summed E-state index contributed by atoms with van der Waals surface area (Å²) in [6, 6.07) is 8.54. The van der Waals surface area contributed by atoms with Gasteiger partial charge in [0.25, 0.3) is 0 Å². The van der Waals surface area contributed by atoms with Crippen molar-refractivity contribution in [3.63, 3.8) is 0 Å². The highest BCUT2D eigenvalue weighted by Gasteiger charge is 2.03. The predicted octanol–water partition coefficient (Wildman–Crippen LogP) is 1.09. The zero-order chi connectivity index (χ0) is 10.6. The first kappa shape index (κ1) is 9.97. The lowest BCUT2D eigenvalue weighted by Gasteiger charge is -2.05. The van der Waals surface area contributed by atoms with Crippen LogP contribution in [0.15, 0.2) is 18.2 Å². The number of rotatable bonds is 1. The van der Waals surface area contributed by atoms with Crippen LogP contribution in [0.2, 0.25) is 0 Å². The molecule has 4 nitrogen and oxygen atoms in total. The number of thiocarbonyl (C=S) groups is 1. The van der Waals surface area contributed by atoms with Gasteiger partial charge in [0, 0.05) is 0 Å². The second-order valence-corrected chi connectivity index (χ2v) is 2.91. The third-order valence-corrected chi connectivity index (χ3v) is 1.63. The average Bonchev–Trinajstić information content (AvgIpc) is 2.17. The fourth-order valence-corrected chi connectivity index (χ4v) is 1.06. The summed E-state index contributed by atoms with van der Waals surface area (Å²) in [7, 11) is 0. The second-order valence-electron chi connectivity index (χ2n) is 2.47. The van der Waals surface area contributed by atoms with Crippen LogP contribution < -0.4 is 11.1 Å². The van der Waals surface area contributed by atoms with Crippen molar-refractivity contribution < 1.29 is 0 Å². The molecule has 0 atom stereocenters. The van der Waals surface area contributed by atoms with Crippen LogP contribution in [0.3, 0.4) is 0 Å². The summed E-state index contributed by atoms with van der Waals surface area (Å²) in [6.07, 6.45) is 0. The molecule has 0 unspecified atom stereocenters. The predicted molar refractivity (Wildman–Crippen MR) is 56.3 cm³/mol. The Morgan fingerprint density at radius 2 is 2.07 bits per heavy atom. The summed E-state index contributed by atoms with van der Waals surface area (Å²) < 4.78 is 0. The Morgan fingerprint density at radius 3 is 2.57 bits per heavy atom. The smallest absolute Gasteiger partial charge is 0.168 e. The van der Waals surface area contributed by atoms with Gasteiger partial charge in [-0.25, -0.2) is 0 Å². The second kappa shape index (κ2) is 4.22. The van der Waals surface area contributed by atoms with E-state index in [1.165, 1.54) is 6.07 Å². The number of nitriles is 2. The van der Waals surface area contributed by atoms with Gasteiger partial charge in [0.2, 0.25) is 0 Å². The van der Waals surface area contributed by atoms with Crippen molar-refractivity contribution in [1.82, 2.24) is 0 Å². The molecule has 0 amide bonds. The van der Waals surface area contributed by atoms with E-state index in [4.69, 9.17) is 16.3 Å². The number of anilines is 1. The molecule has 0 fully saturated rings. The Balaban J connectivity index is 3.15. The van der Waals surface area contributed by atoms with Gasteiger partial charge in [-0.1, -0.05) is 0 Å². The van der Waals surface area contributed by atoms with Crippen LogP contribution in [0.1, 0.15) is 11.1 Å². The zero-order valence-electron chi connectivity index (χ0n) is 7.11. The Morgan fingerprint density at radius 1 is 1.36 bits per heavy atom. The molecule has 0 heterocycles. The van der Waals surface area contributed by atoms with E-state index in [1.807, 2.05) is 12.1 Å². The number of nitrogens with zero attached hydrogens (tertiary/aromatic N) is 2. The van der Waals surface area contributed by atoms with Crippen molar-refractivity contribution >= 4 is 23.0 Å². The SMILES string of the molecule is N#Cc1ccc(NC(N)=S)c(C#N)c1. The summed E-state index contributed by atoms with van der Waals surface area (Å²) in [6.45, 7) is 0. The van der Waals surface area contributed by atoms with E-state index in [0.29, 0.717) is 16.8 Å². The van der Waals surface area contributed by atoms with Crippen molar-refractivity contribution in [3.05, 3.63) is 29.3 Å². The minimum absolute atomic E-state index is 0.0891. The maximum absolute atomic E-state index is 8.77. The fourth-order valence-electron chi connectivity index (χ4n) is 0.948. The van der Waals surface area contributed by atoms with E-state index >= 15 is 0 Å². The number of hydrogen-bond acceptors (Lipinski definition) is 3. The monoisotopic (exact) mass is 202 g/mol. The van der Waals surface area contributed by atoms with Crippen LogP contribution in [-0.4, -0.2) is 5.11 Å². The molecule has 3 N–H and O–H groups in total. The number of nitrogens with one attached hydrogen (secondary N) is 1. The molecule has 1 aromatic rings. The number of hydrogen-bond donors (Lipinski definition) is 2. The Labute approximate surface area is 86.6 Å². The fraction of sp³-hybridized carbons (Fsp3) is 0. The summed E-state index contributed by atoms with van der Waals surface area (Å²) in [5, 5.41) is 20.1. The maximum Gasteiger partial charge on any atom is 0.168 e. The van der Waals surface area contributed by atoms with Crippen molar-refractivity contribution in [2.24, 2.45) is 5.73 Å². The van der Waals surface area contributed by atoms with Gasteiger partial charge >= 0.3 is 0 Å². The molecular weight excluding hydrogens is 196 g/mol. The van der Waals surface area contributed by atoms with Crippen molar-refractivity contribution in [1.29, 1.82) is 10.5 Å². The van der Waals surface area contributed by atoms with Gasteiger partial charge in [-0.2, -0.15) is 10.5 Å². The lowest BCUT2D eigenvalue weighted by atomic mass is 10.1. The van der Waals surface area contributed by atoms with E-state index in [9.17, 15) is 0 Å². The number of benzene rings is 1. The molecule has 1 rings (SSSR count). The van der Waals surface area contributed by atoms with Crippen LogP contribution in [-0.2, 0) is 0 Å². The molecule has 0 bridgehead atoms. The summed E-state index contributed by atoms with van der Waals surface area (Å²) in [5.41, 5.74) is 6.55. The molecule has 5 heteroatoms. The van der Waals surface area contributed by atoms with Crippen molar-refractivity contribution in [3.8, 4) is 12.1 Å². The lowest BCUT2D eigenvalue weighted by Crippen LogP contribution is -2.19. The molecule has 0 saturated heterocycles. The van der Waals surface area contributed by atoms with Gasteiger partial charge in [-0.3, -0.25) is 0 Å². The standard InChI is InChI=1S/C9H6N4S/c10-4-6-1-2-8(13-9(12)14)7(3-6)5-11/h1-3H,(H3,12,13,14). The Bertz CT molecular complexity index is 453. The van der Waals surface area contributed by atoms with Gasteiger partial charge in [-0.05, 0) is 30.4 Å². The Kier molecular flexibility index (Phi) is 3.01. The quantitative estimate of drug-likeness (QED) is 0.666. The van der Waals surface area contributed by atoms with E-state index in [2.05, 4.69) is 17.5 Å². The first-order valence-corrected chi connectivity index (χ1v) is 4.09. The first-order valence-electron chi connectivity index (χ1n) is 3.68. The molecule has 1 aromatic carbocycles. The first-order chi connectivity index (χ1) is 6.67. The molecule has 0 radical (unpaired) electrons. The lowest BCUT2D eigenvalue weighted by molar-refractivity contribution is 1.44. The molecule has 0 aromatic heterocycles. The van der Waals surface area contributed by atoms with Crippen LogP contribution in [0, 0.1) is 22.7 Å². The molecule has 0 aliphatic heterocycles. The molecule has 0 aliphatic carbocycles. The molecule has 0 aliphatic rings. The topological polar surface area (TPSA) is 85.6 Å². The molecule has 14 heavy (non-hydrogen) atoms. The summed E-state index contributed by atoms with van der Waals surface area (Å²) in [4.78, 5) is 0. The highest BCUT2D eigenvalue weighted by atomic mass is 32.1. The Hall–Kier alpha value is -2.11. The number of nitrogens with two attached hydrogens (primary N) is 1. The molecule has 0 spiro atoms. The van der Waals surface area contributed by atoms with Crippen LogP contribution in [0.25, 0.3) is 0 Å². The van der Waals surface area contributed by atoms with Crippen LogP contribution in [0.4, 0.5) is 5.69 Å². The largest absolute Gasteiger partial charge is 0.376 e. The van der Waals surface area contributed by atoms with Crippen molar-refractivity contribution in [2.45, 2.75) is 0 Å². The van der Waals surface area contributed by atoms with Gasteiger partial charge in [0.15, 0.2) is 5.11 Å². The van der Waals surface area contributed by atoms with Crippen LogP contribution >= 0.6 is 12.2 Å². The van der Waals surface area contributed by atoms with Gasteiger partial charge in [-0.15, -0.1) is 0 Å². The van der Waals surface area contributed by atoms with E-state index in [-0.39, 0.29) is 5.11 Å². The summed E-state index contributed by atoms with van der Waals surface area (Å²) in [5.74, 6) is 0. The molecule has 0 saturated carbocycles. The van der Waals surface area contributed by atoms with E-state index in [0.717, 1.165) is 0 Å². The van der Waals surface area contributed by atoms with E-state index < -0.39 is 0 Å². The highest BCUT2D eigenvalue weighted by molar-refractivity contribution is 7.80. The third kappa shape index (κ3) is 2.19. The van der Waals surface area contributed by atoms with Gasteiger partial charge < -0.3 is 11.1 Å². The van der Waals surface area contributed by atoms with Gasteiger partial charge in [0.1, 0.15) is 6.07 Å². The minimum Gasteiger partial charge on any atom is -0.376 e. The van der Waals surface area contributed by atoms with Gasteiger partial charge in [0.05, 0.1) is 22.9 Å². The van der Waals surface area contributed by atoms with Crippen LogP contribution in [0.5, 0.6) is 0 Å². The molecule has 68 valence electrons. The zero-order valence-corrected chi connectivity index (χ0v) is 7.93.